The fraction of sp³-hybridized carbons (Fsp3) is 0.212. The third kappa shape index (κ3) is 5.56. The second-order valence-corrected chi connectivity index (χ2v) is 10.9. The van der Waals surface area contributed by atoms with Crippen LogP contribution in [0, 0.1) is 20.8 Å². The maximum atomic E-state index is 13.6. The maximum absolute atomic E-state index is 13.6. The number of benzene rings is 3. The highest BCUT2D eigenvalue weighted by Crippen LogP contribution is 2.44. The SMILES string of the molecule is CCOC(=O)c1sc(N2C(=O)C(=O)C(=C(O)c3ccc(OCc4ccccc4)cc3C)[C@@H]2c2ccc(C)cc2)nc1C. The number of ketones is 1. The number of aliphatic hydroxyl groups excluding tert-OH is 1. The second kappa shape index (κ2) is 12.0. The number of anilines is 1. The monoisotopic (exact) mass is 582 g/mol. The number of nitrogens with zero attached hydrogens (tertiary/aromatic N) is 2. The zero-order valence-corrected chi connectivity index (χ0v) is 24.5. The van der Waals surface area contributed by atoms with Crippen LogP contribution in [0.4, 0.5) is 5.13 Å². The van der Waals surface area contributed by atoms with Gasteiger partial charge in [-0.1, -0.05) is 71.5 Å². The Labute approximate surface area is 247 Å². The summed E-state index contributed by atoms with van der Waals surface area (Å²) in [6, 6.07) is 21.3. The number of hydrogen-bond donors (Lipinski definition) is 1. The zero-order valence-electron chi connectivity index (χ0n) is 23.7. The first-order valence-corrected chi connectivity index (χ1v) is 14.3. The Morgan fingerprint density at radius 1 is 1.00 bits per heavy atom. The summed E-state index contributed by atoms with van der Waals surface area (Å²) in [5.74, 6) is -1.92. The molecule has 1 aromatic heterocycles. The summed E-state index contributed by atoms with van der Waals surface area (Å²) in [6.07, 6.45) is 0. The van der Waals surface area contributed by atoms with Crippen molar-refractivity contribution in [3.05, 3.63) is 117 Å². The molecule has 0 unspecified atom stereocenters. The summed E-state index contributed by atoms with van der Waals surface area (Å²) in [5, 5.41) is 11.8. The minimum Gasteiger partial charge on any atom is -0.507 e. The Morgan fingerprint density at radius 2 is 1.71 bits per heavy atom. The predicted molar refractivity (Wildman–Crippen MR) is 161 cm³/mol. The van der Waals surface area contributed by atoms with Crippen LogP contribution in [0.1, 0.15) is 56.1 Å². The Hall–Kier alpha value is -4.76. The summed E-state index contributed by atoms with van der Waals surface area (Å²) in [7, 11) is 0. The van der Waals surface area contributed by atoms with E-state index in [0.29, 0.717) is 34.7 Å². The first-order chi connectivity index (χ1) is 20.2. The fourth-order valence-electron chi connectivity index (χ4n) is 4.84. The molecule has 1 N–H and O–H groups in total. The molecule has 8 nitrogen and oxygen atoms in total. The van der Waals surface area contributed by atoms with Gasteiger partial charge in [0.2, 0.25) is 0 Å². The lowest BCUT2D eigenvalue weighted by molar-refractivity contribution is -0.132. The lowest BCUT2D eigenvalue weighted by atomic mass is 9.93. The number of aromatic nitrogens is 1. The van der Waals surface area contributed by atoms with Crippen molar-refractivity contribution in [1.29, 1.82) is 0 Å². The first kappa shape index (κ1) is 28.8. The van der Waals surface area contributed by atoms with E-state index < -0.39 is 23.7 Å². The van der Waals surface area contributed by atoms with Crippen LogP contribution in [-0.2, 0) is 20.9 Å². The highest BCUT2D eigenvalue weighted by atomic mass is 32.1. The molecule has 1 fully saturated rings. The van der Waals surface area contributed by atoms with Gasteiger partial charge in [0.05, 0.1) is 23.9 Å². The molecule has 1 aliphatic rings. The molecule has 214 valence electrons. The molecule has 1 atom stereocenters. The van der Waals surface area contributed by atoms with Crippen LogP contribution < -0.4 is 9.64 Å². The van der Waals surface area contributed by atoms with E-state index in [-0.39, 0.29) is 27.9 Å². The van der Waals surface area contributed by atoms with Crippen molar-refractivity contribution in [3.63, 3.8) is 0 Å². The van der Waals surface area contributed by atoms with Crippen molar-refractivity contribution in [3.8, 4) is 5.75 Å². The van der Waals surface area contributed by atoms with Gasteiger partial charge in [-0.25, -0.2) is 9.78 Å². The number of carbonyl (C=O) groups excluding carboxylic acids is 3. The van der Waals surface area contributed by atoms with Gasteiger partial charge in [0.15, 0.2) is 5.13 Å². The molecule has 0 spiro atoms. The minimum absolute atomic E-state index is 0.0598. The number of amides is 1. The molecule has 0 aliphatic carbocycles. The van der Waals surface area contributed by atoms with E-state index in [1.807, 2.05) is 61.5 Å². The van der Waals surface area contributed by atoms with Crippen LogP contribution >= 0.6 is 11.3 Å². The second-order valence-electron chi connectivity index (χ2n) is 9.96. The number of rotatable bonds is 8. The van der Waals surface area contributed by atoms with Gasteiger partial charge < -0.3 is 14.6 Å². The van der Waals surface area contributed by atoms with Crippen LogP contribution in [0.5, 0.6) is 5.75 Å². The summed E-state index contributed by atoms with van der Waals surface area (Å²) >= 11 is 0.977. The number of esters is 1. The molecular formula is C33H30N2O6S. The molecule has 1 amide bonds. The summed E-state index contributed by atoms with van der Waals surface area (Å²) in [5.41, 5.74) is 4.03. The molecular weight excluding hydrogens is 552 g/mol. The van der Waals surface area contributed by atoms with Crippen molar-refractivity contribution in [2.24, 2.45) is 0 Å². The zero-order chi connectivity index (χ0) is 30.0. The van der Waals surface area contributed by atoms with Gasteiger partial charge in [-0.2, -0.15) is 0 Å². The first-order valence-electron chi connectivity index (χ1n) is 13.5. The van der Waals surface area contributed by atoms with Crippen LogP contribution in [0.15, 0.2) is 78.4 Å². The largest absolute Gasteiger partial charge is 0.507 e. The number of aliphatic hydroxyl groups is 1. The quantitative estimate of drug-likeness (QED) is 0.110. The molecule has 4 aromatic rings. The van der Waals surface area contributed by atoms with Gasteiger partial charge in [0, 0.05) is 5.56 Å². The number of aryl methyl sites for hydroxylation is 3. The van der Waals surface area contributed by atoms with Crippen molar-refractivity contribution in [2.75, 3.05) is 11.5 Å². The molecule has 1 saturated heterocycles. The Bertz CT molecular complexity index is 1690. The Balaban J connectivity index is 1.57. The van der Waals surface area contributed by atoms with Gasteiger partial charge >= 0.3 is 11.9 Å². The van der Waals surface area contributed by atoms with Crippen molar-refractivity contribution >= 4 is 39.9 Å². The summed E-state index contributed by atoms with van der Waals surface area (Å²) in [4.78, 5) is 45.6. The average molecular weight is 583 g/mol. The van der Waals surface area contributed by atoms with Crippen LogP contribution in [0.25, 0.3) is 5.76 Å². The molecule has 42 heavy (non-hydrogen) atoms. The standard InChI is InChI=1S/C33H30N2O6S/c1-5-40-32(39)30-21(4)34-33(42-30)35-27(23-13-11-19(2)12-14-23)26(29(37)31(35)38)28(36)25-16-15-24(17-20(25)3)41-18-22-9-7-6-8-10-22/h6-17,27,36H,5,18H2,1-4H3/t27-/m0/s1. The van der Waals surface area contributed by atoms with Gasteiger partial charge in [-0.15, -0.1) is 0 Å². The average Bonchev–Trinajstić information content (AvgIpc) is 3.49. The number of thiazole rings is 1. The van der Waals surface area contributed by atoms with E-state index in [1.165, 1.54) is 4.90 Å². The van der Waals surface area contributed by atoms with Crippen LogP contribution in [0.3, 0.4) is 0 Å². The van der Waals surface area contributed by atoms with E-state index >= 15 is 0 Å². The third-order valence-corrected chi connectivity index (χ3v) is 8.13. The van der Waals surface area contributed by atoms with Crippen LogP contribution in [-0.4, -0.2) is 34.4 Å². The Kier molecular flexibility index (Phi) is 8.22. The van der Waals surface area contributed by atoms with E-state index in [1.54, 1.807) is 39.0 Å². The summed E-state index contributed by atoms with van der Waals surface area (Å²) < 4.78 is 11.1. The number of Topliss-reactive ketones (excluding diaryl/α,β-unsaturated/α-hetero) is 1. The molecule has 2 heterocycles. The maximum Gasteiger partial charge on any atom is 0.350 e. The van der Waals surface area contributed by atoms with Gasteiger partial charge in [-0.3, -0.25) is 14.5 Å². The van der Waals surface area contributed by atoms with Gasteiger partial charge in [0.25, 0.3) is 5.78 Å². The number of carbonyl (C=O) groups is 3. The van der Waals surface area contributed by atoms with Crippen molar-refractivity contribution < 1.29 is 29.0 Å². The third-order valence-electron chi connectivity index (χ3n) is 6.99. The van der Waals surface area contributed by atoms with Crippen LogP contribution in [0.2, 0.25) is 0 Å². The van der Waals surface area contributed by atoms with E-state index in [2.05, 4.69) is 4.98 Å². The smallest absolute Gasteiger partial charge is 0.350 e. The molecule has 1 aliphatic heterocycles. The highest BCUT2D eigenvalue weighted by Gasteiger charge is 2.48. The normalized spacial score (nSPS) is 16.1. The Morgan fingerprint density at radius 3 is 2.38 bits per heavy atom. The molecule has 5 rings (SSSR count). The van der Waals surface area contributed by atoms with E-state index in [4.69, 9.17) is 9.47 Å². The molecule has 0 saturated carbocycles. The van der Waals surface area contributed by atoms with Gasteiger partial charge in [-0.05, 0) is 62.6 Å². The minimum atomic E-state index is -0.959. The number of ether oxygens (including phenoxy) is 2. The van der Waals surface area contributed by atoms with E-state index in [9.17, 15) is 19.5 Å². The number of hydrogen-bond acceptors (Lipinski definition) is 8. The molecule has 0 bridgehead atoms. The molecule has 3 aromatic carbocycles. The highest BCUT2D eigenvalue weighted by molar-refractivity contribution is 7.17. The van der Waals surface area contributed by atoms with E-state index in [0.717, 1.165) is 22.5 Å². The van der Waals surface area contributed by atoms with Gasteiger partial charge in [0.1, 0.15) is 23.0 Å². The van der Waals surface area contributed by atoms with Crippen molar-refractivity contribution in [2.45, 2.75) is 40.3 Å². The van der Waals surface area contributed by atoms with Crippen molar-refractivity contribution in [1.82, 2.24) is 4.98 Å². The lowest BCUT2D eigenvalue weighted by Gasteiger charge is -2.23. The molecule has 0 radical (unpaired) electrons. The predicted octanol–water partition coefficient (Wildman–Crippen LogP) is 6.45. The summed E-state index contributed by atoms with van der Waals surface area (Å²) in [6.45, 7) is 7.65. The molecule has 9 heteroatoms. The topological polar surface area (TPSA) is 106 Å². The lowest BCUT2D eigenvalue weighted by Crippen LogP contribution is -2.29. The fourth-order valence-corrected chi connectivity index (χ4v) is 5.83.